The van der Waals surface area contributed by atoms with Crippen LogP contribution < -0.4 is 5.32 Å². The second-order valence-corrected chi connectivity index (χ2v) is 6.25. The lowest BCUT2D eigenvalue weighted by Gasteiger charge is -2.32. The van der Waals surface area contributed by atoms with E-state index in [1.807, 2.05) is 24.8 Å². The number of aryl methyl sites for hydroxylation is 2. The first-order valence-electron chi connectivity index (χ1n) is 8.26. The Bertz CT molecular complexity index is 536. The number of H-pyrrole nitrogens is 1. The van der Waals surface area contributed by atoms with Crippen molar-refractivity contribution in [2.24, 2.45) is 5.92 Å². The monoisotopic (exact) mass is 305 g/mol. The van der Waals surface area contributed by atoms with Crippen LogP contribution in [-0.2, 0) is 4.79 Å². The molecule has 0 saturated carbocycles. The minimum Gasteiger partial charge on any atom is -0.356 e. The molecular formula is C17H27N3O2. The number of likely N-dealkylation sites (tertiary alicyclic amines) is 1. The Labute approximate surface area is 132 Å². The van der Waals surface area contributed by atoms with Gasteiger partial charge in [0.2, 0.25) is 5.91 Å². The van der Waals surface area contributed by atoms with Gasteiger partial charge in [-0.3, -0.25) is 9.59 Å². The number of amides is 2. The maximum Gasteiger partial charge on any atom is 0.270 e. The first kappa shape index (κ1) is 16.6. The smallest absolute Gasteiger partial charge is 0.270 e. The standard InChI is InChI=1S/C17H27N3O2/c1-4-5-8-18-16(21)14-7-6-9-20(11-14)17(22)15-12(2)10-13(3)19-15/h10,14,19H,4-9,11H2,1-3H3,(H,18,21)/t14-/m0/s1. The van der Waals surface area contributed by atoms with Gasteiger partial charge in [0.1, 0.15) is 5.69 Å². The minimum absolute atomic E-state index is 0.0108. The highest BCUT2D eigenvalue weighted by atomic mass is 16.2. The van der Waals surface area contributed by atoms with E-state index in [1.165, 1.54) is 0 Å². The third-order valence-electron chi connectivity index (χ3n) is 4.27. The number of nitrogens with one attached hydrogen (secondary N) is 2. The number of carbonyl (C=O) groups excluding carboxylic acids is 2. The maximum atomic E-state index is 12.6. The first-order valence-corrected chi connectivity index (χ1v) is 8.26. The number of carbonyl (C=O) groups is 2. The van der Waals surface area contributed by atoms with Crippen LogP contribution in [-0.4, -0.2) is 41.3 Å². The van der Waals surface area contributed by atoms with Gasteiger partial charge < -0.3 is 15.2 Å². The molecule has 1 atom stereocenters. The van der Waals surface area contributed by atoms with Crippen LogP contribution in [0.2, 0.25) is 0 Å². The molecule has 1 saturated heterocycles. The molecule has 1 aromatic heterocycles. The molecule has 1 fully saturated rings. The molecule has 2 N–H and O–H groups in total. The number of hydrogen-bond acceptors (Lipinski definition) is 2. The fraction of sp³-hybridized carbons (Fsp3) is 0.647. The third kappa shape index (κ3) is 3.90. The van der Waals surface area contributed by atoms with E-state index in [1.54, 1.807) is 0 Å². The lowest BCUT2D eigenvalue weighted by molar-refractivity contribution is -0.126. The van der Waals surface area contributed by atoms with Crippen molar-refractivity contribution in [1.29, 1.82) is 0 Å². The van der Waals surface area contributed by atoms with E-state index in [-0.39, 0.29) is 17.7 Å². The normalized spacial score (nSPS) is 18.3. The zero-order valence-electron chi connectivity index (χ0n) is 13.9. The molecule has 1 aromatic rings. The van der Waals surface area contributed by atoms with Gasteiger partial charge in [0, 0.05) is 25.3 Å². The highest BCUT2D eigenvalue weighted by molar-refractivity contribution is 5.94. The van der Waals surface area contributed by atoms with Gasteiger partial charge in [0.15, 0.2) is 0 Å². The number of rotatable bonds is 5. The number of piperidine rings is 1. The van der Waals surface area contributed by atoms with Crippen molar-refractivity contribution in [3.8, 4) is 0 Å². The zero-order valence-corrected chi connectivity index (χ0v) is 13.9. The summed E-state index contributed by atoms with van der Waals surface area (Å²) in [7, 11) is 0. The van der Waals surface area contributed by atoms with Gasteiger partial charge >= 0.3 is 0 Å². The number of aromatic nitrogens is 1. The summed E-state index contributed by atoms with van der Waals surface area (Å²) < 4.78 is 0. The third-order valence-corrected chi connectivity index (χ3v) is 4.27. The lowest BCUT2D eigenvalue weighted by Crippen LogP contribution is -2.45. The van der Waals surface area contributed by atoms with Gasteiger partial charge in [-0.15, -0.1) is 0 Å². The summed E-state index contributed by atoms with van der Waals surface area (Å²) >= 11 is 0. The molecule has 2 heterocycles. The summed E-state index contributed by atoms with van der Waals surface area (Å²) in [5, 5.41) is 2.98. The average molecular weight is 305 g/mol. The van der Waals surface area contributed by atoms with Crippen LogP contribution in [0.5, 0.6) is 0 Å². The van der Waals surface area contributed by atoms with Crippen LogP contribution in [0.1, 0.15) is 54.4 Å². The topological polar surface area (TPSA) is 65.2 Å². The van der Waals surface area contributed by atoms with Crippen LogP contribution in [0, 0.1) is 19.8 Å². The predicted molar refractivity (Wildman–Crippen MR) is 86.8 cm³/mol. The molecule has 1 aliphatic heterocycles. The summed E-state index contributed by atoms with van der Waals surface area (Å²) in [6.07, 6.45) is 3.82. The second kappa shape index (κ2) is 7.47. The van der Waals surface area contributed by atoms with Crippen LogP contribution in [0.3, 0.4) is 0 Å². The summed E-state index contributed by atoms with van der Waals surface area (Å²) in [6.45, 7) is 7.98. The zero-order chi connectivity index (χ0) is 16.1. The molecule has 0 aliphatic carbocycles. The van der Waals surface area contributed by atoms with Crippen LogP contribution in [0.15, 0.2) is 6.07 Å². The predicted octanol–water partition coefficient (Wildman–Crippen LogP) is 2.40. The molecule has 0 radical (unpaired) electrons. The van der Waals surface area contributed by atoms with Gasteiger partial charge in [-0.25, -0.2) is 0 Å². The Kier molecular flexibility index (Phi) is 5.63. The van der Waals surface area contributed by atoms with Gasteiger partial charge in [-0.2, -0.15) is 0 Å². The Morgan fingerprint density at radius 3 is 2.82 bits per heavy atom. The van der Waals surface area contributed by atoms with Crippen molar-refractivity contribution in [3.05, 3.63) is 23.0 Å². The SMILES string of the molecule is CCCCNC(=O)[C@H]1CCCN(C(=O)c2[nH]c(C)cc2C)C1. The Morgan fingerprint density at radius 2 is 2.18 bits per heavy atom. The van der Waals surface area contributed by atoms with E-state index in [0.29, 0.717) is 12.2 Å². The first-order chi connectivity index (χ1) is 10.5. The Hall–Kier alpha value is -1.78. The van der Waals surface area contributed by atoms with Gasteiger partial charge in [0.05, 0.1) is 5.92 Å². The molecule has 1 aliphatic rings. The maximum absolute atomic E-state index is 12.6. The van der Waals surface area contributed by atoms with E-state index < -0.39 is 0 Å². The Balaban J connectivity index is 1.96. The van der Waals surface area contributed by atoms with Crippen molar-refractivity contribution in [2.75, 3.05) is 19.6 Å². The van der Waals surface area contributed by atoms with E-state index in [9.17, 15) is 9.59 Å². The molecule has 2 amide bonds. The molecule has 122 valence electrons. The van der Waals surface area contributed by atoms with Crippen molar-refractivity contribution in [3.63, 3.8) is 0 Å². The fourth-order valence-corrected chi connectivity index (χ4v) is 3.02. The summed E-state index contributed by atoms with van der Waals surface area (Å²) in [5.41, 5.74) is 2.62. The molecule has 5 nitrogen and oxygen atoms in total. The summed E-state index contributed by atoms with van der Waals surface area (Å²) in [5.74, 6) is 0.0212. The van der Waals surface area contributed by atoms with Crippen molar-refractivity contribution in [2.45, 2.75) is 46.5 Å². The van der Waals surface area contributed by atoms with Crippen molar-refractivity contribution < 1.29 is 9.59 Å². The molecule has 0 bridgehead atoms. The molecule has 5 heteroatoms. The quantitative estimate of drug-likeness (QED) is 0.820. The van der Waals surface area contributed by atoms with Crippen molar-refractivity contribution >= 4 is 11.8 Å². The van der Waals surface area contributed by atoms with Gasteiger partial charge in [0.25, 0.3) is 5.91 Å². The van der Waals surface area contributed by atoms with E-state index in [0.717, 1.165) is 50.0 Å². The lowest BCUT2D eigenvalue weighted by atomic mass is 9.96. The minimum atomic E-state index is -0.0779. The summed E-state index contributed by atoms with van der Waals surface area (Å²) in [6, 6.07) is 1.98. The molecule has 0 unspecified atom stereocenters. The Morgan fingerprint density at radius 1 is 1.41 bits per heavy atom. The van der Waals surface area contributed by atoms with Crippen LogP contribution >= 0.6 is 0 Å². The second-order valence-electron chi connectivity index (χ2n) is 6.25. The molecule has 0 spiro atoms. The van der Waals surface area contributed by atoms with E-state index >= 15 is 0 Å². The summed E-state index contributed by atoms with van der Waals surface area (Å²) in [4.78, 5) is 29.8. The van der Waals surface area contributed by atoms with Crippen LogP contribution in [0.25, 0.3) is 0 Å². The number of unbranched alkanes of at least 4 members (excludes halogenated alkanes) is 1. The number of aromatic amines is 1. The fourth-order valence-electron chi connectivity index (χ4n) is 3.02. The molecular weight excluding hydrogens is 278 g/mol. The van der Waals surface area contributed by atoms with Crippen LogP contribution in [0.4, 0.5) is 0 Å². The van der Waals surface area contributed by atoms with Gasteiger partial charge in [-0.1, -0.05) is 13.3 Å². The van der Waals surface area contributed by atoms with E-state index in [2.05, 4.69) is 17.2 Å². The number of nitrogens with zero attached hydrogens (tertiary/aromatic N) is 1. The largest absolute Gasteiger partial charge is 0.356 e. The molecule has 22 heavy (non-hydrogen) atoms. The highest BCUT2D eigenvalue weighted by Crippen LogP contribution is 2.20. The van der Waals surface area contributed by atoms with Crippen molar-refractivity contribution in [1.82, 2.24) is 15.2 Å². The van der Waals surface area contributed by atoms with Gasteiger partial charge in [-0.05, 0) is 44.7 Å². The van der Waals surface area contributed by atoms with E-state index in [4.69, 9.17) is 0 Å². The molecule has 0 aromatic carbocycles. The average Bonchev–Trinajstić information content (AvgIpc) is 2.85. The number of hydrogen-bond donors (Lipinski definition) is 2. The molecule has 2 rings (SSSR count). The highest BCUT2D eigenvalue weighted by Gasteiger charge is 2.29.